The highest BCUT2D eigenvalue weighted by Crippen LogP contribution is 2.16. The SMILES string of the molecule is C=C(O)CNC(=O)c1ccccc1NC(=O)c1ccccc1. The molecule has 2 rings (SSSR count). The molecule has 0 aliphatic heterocycles. The Bertz CT molecular complexity index is 696. The third-order valence-corrected chi connectivity index (χ3v) is 2.91. The van der Waals surface area contributed by atoms with Gasteiger partial charge < -0.3 is 15.7 Å². The highest BCUT2D eigenvalue weighted by molar-refractivity contribution is 6.08. The highest BCUT2D eigenvalue weighted by atomic mass is 16.3. The van der Waals surface area contributed by atoms with Gasteiger partial charge in [0.1, 0.15) is 5.76 Å². The molecule has 0 aliphatic rings. The van der Waals surface area contributed by atoms with Crippen molar-refractivity contribution in [3.8, 4) is 0 Å². The minimum atomic E-state index is -0.404. The van der Waals surface area contributed by atoms with Gasteiger partial charge in [0.25, 0.3) is 11.8 Å². The molecule has 0 aliphatic carbocycles. The normalized spacial score (nSPS) is 9.82. The Labute approximate surface area is 128 Å². The van der Waals surface area contributed by atoms with Gasteiger partial charge in [0.05, 0.1) is 17.8 Å². The maximum atomic E-state index is 12.2. The molecule has 5 nitrogen and oxygen atoms in total. The first-order valence-electron chi connectivity index (χ1n) is 6.68. The molecule has 0 aromatic heterocycles. The van der Waals surface area contributed by atoms with Crippen molar-refractivity contribution < 1.29 is 14.7 Å². The molecule has 0 unspecified atom stereocenters. The summed E-state index contributed by atoms with van der Waals surface area (Å²) in [6.07, 6.45) is 0. The van der Waals surface area contributed by atoms with E-state index in [1.165, 1.54) is 0 Å². The fraction of sp³-hybridized carbons (Fsp3) is 0.0588. The van der Waals surface area contributed by atoms with Crippen LogP contribution in [0.25, 0.3) is 0 Å². The van der Waals surface area contributed by atoms with Gasteiger partial charge in [-0.1, -0.05) is 36.9 Å². The average Bonchev–Trinajstić information content (AvgIpc) is 2.54. The van der Waals surface area contributed by atoms with Crippen molar-refractivity contribution in [2.24, 2.45) is 0 Å². The third-order valence-electron chi connectivity index (χ3n) is 2.91. The lowest BCUT2D eigenvalue weighted by molar-refractivity contribution is 0.0953. The van der Waals surface area contributed by atoms with Crippen LogP contribution in [0.5, 0.6) is 0 Å². The molecular weight excluding hydrogens is 280 g/mol. The third kappa shape index (κ3) is 3.96. The molecule has 2 amide bonds. The zero-order valence-corrected chi connectivity index (χ0v) is 11.9. The zero-order valence-electron chi connectivity index (χ0n) is 11.9. The number of amides is 2. The van der Waals surface area contributed by atoms with Gasteiger partial charge in [-0.25, -0.2) is 0 Å². The topological polar surface area (TPSA) is 78.4 Å². The summed E-state index contributed by atoms with van der Waals surface area (Å²) in [4.78, 5) is 24.2. The minimum Gasteiger partial charge on any atom is -0.511 e. The van der Waals surface area contributed by atoms with Gasteiger partial charge in [-0.2, -0.15) is 0 Å². The van der Waals surface area contributed by atoms with Crippen LogP contribution in [0.1, 0.15) is 20.7 Å². The van der Waals surface area contributed by atoms with Crippen molar-refractivity contribution in [1.82, 2.24) is 5.32 Å². The second-order valence-corrected chi connectivity index (χ2v) is 4.61. The molecule has 5 heteroatoms. The number of para-hydroxylation sites is 1. The Morgan fingerprint density at radius 2 is 1.59 bits per heavy atom. The lowest BCUT2D eigenvalue weighted by Crippen LogP contribution is -2.26. The molecule has 3 N–H and O–H groups in total. The summed E-state index contributed by atoms with van der Waals surface area (Å²) in [5, 5.41) is 14.3. The second-order valence-electron chi connectivity index (χ2n) is 4.61. The summed E-state index contributed by atoms with van der Waals surface area (Å²) >= 11 is 0. The molecule has 0 saturated heterocycles. The maximum absolute atomic E-state index is 12.2. The Kier molecular flexibility index (Phi) is 4.93. The summed E-state index contributed by atoms with van der Waals surface area (Å²) < 4.78 is 0. The van der Waals surface area contributed by atoms with Crippen LogP contribution in [-0.4, -0.2) is 23.5 Å². The predicted octanol–water partition coefficient (Wildman–Crippen LogP) is 2.74. The summed E-state index contributed by atoms with van der Waals surface area (Å²) in [5.41, 5.74) is 1.21. The number of nitrogens with one attached hydrogen (secondary N) is 2. The van der Waals surface area contributed by atoms with E-state index in [1.807, 2.05) is 6.07 Å². The van der Waals surface area contributed by atoms with Crippen LogP contribution < -0.4 is 10.6 Å². The Morgan fingerprint density at radius 1 is 0.955 bits per heavy atom. The summed E-state index contributed by atoms with van der Waals surface area (Å²) in [7, 11) is 0. The molecule has 112 valence electrons. The molecule has 2 aromatic carbocycles. The van der Waals surface area contributed by atoms with E-state index in [0.29, 0.717) is 16.8 Å². The van der Waals surface area contributed by atoms with Gasteiger partial charge in [0, 0.05) is 5.56 Å². The van der Waals surface area contributed by atoms with Crippen molar-refractivity contribution in [3.63, 3.8) is 0 Å². The summed E-state index contributed by atoms with van der Waals surface area (Å²) in [6.45, 7) is 3.26. The van der Waals surface area contributed by atoms with E-state index in [-0.39, 0.29) is 18.2 Å². The second kappa shape index (κ2) is 7.08. The number of carbonyl (C=O) groups is 2. The van der Waals surface area contributed by atoms with E-state index in [4.69, 9.17) is 5.11 Å². The average molecular weight is 296 g/mol. The zero-order chi connectivity index (χ0) is 15.9. The minimum absolute atomic E-state index is 0.0419. The van der Waals surface area contributed by atoms with Crippen molar-refractivity contribution in [3.05, 3.63) is 78.1 Å². The van der Waals surface area contributed by atoms with E-state index < -0.39 is 5.91 Å². The molecule has 0 atom stereocenters. The standard InChI is InChI=1S/C17H16N2O3/c1-12(20)11-18-17(22)14-9-5-6-10-15(14)19-16(21)13-7-3-2-4-8-13/h2-10,20H,1,11H2,(H,18,22)(H,19,21). The van der Waals surface area contributed by atoms with Gasteiger partial charge in [0.15, 0.2) is 0 Å². The smallest absolute Gasteiger partial charge is 0.255 e. The van der Waals surface area contributed by atoms with Crippen molar-refractivity contribution in [2.45, 2.75) is 0 Å². The van der Waals surface area contributed by atoms with Crippen molar-refractivity contribution in [1.29, 1.82) is 0 Å². The number of hydrogen-bond acceptors (Lipinski definition) is 3. The number of rotatable bonds is 5. The van der Waals surface area contributed by atoms with Crippen LogP contribution >= 0.6 is 0 Å². The molecular formula is C17H16N2O3. The number of benzene rings is 2. The Morgan fingerprint density at radius 3 is 2.27 bits per heavy atom. The van der Waals surface area contributed by atoms with Crippen LogP contribution in [0.4, 0.5) is 5.69 Å². The first kappa shape index (κ1) is 15.3. The number of hydrogen-bond donors (Lipinski definition) is 3. The fourth-order valence-corrected chi connectivity index (χ4v) is 1.85. The largest absolute Gasteiger partial charge is 0.511 e. The monoisotopic (exact) mass is 296 g/mol. The van der Waals surface area contributed by atoms with Crippen LogP contribution in [0.2, 0.25) is 0 Å². The van der Waals surface area contributed by atoms with Gasteiger partial charge in [-0.05, 0) is 24.3 Å². The van der Waals surface area contributed by atoms with E-state index in [2.05, 4.69) is 17.2 Å². The van der Waals surface area contributed by atoms with Crippen LogP contribution in [0.15, 0.2) is 66.9 Å². The van der Waals surface area contributed by atoms with Crippen LogP contribution in [-0.2, 0) is 0 Å². The molecule has 22 heavy (non-hydrogen) atoms. The van der Waals surface area contributed by atoms with Gasteiger partial charge >= 0.3 is 0 Å². The van der Waals surface area contributed by atoms with Crippen molar-refractivity contribution in [2.75, 3.05) is 11.9 Å². The maximum Gasteiger partial charge on any atom is 0.255 e. The van der Waals surface area contributed by atoms with Gasteiger partial charge in [-0.15, -0.1) is 0 Å². The molecule has 0 spiro atoms. The van der Waals surface area contributed by atoms with E-state index in [9.17, 15) is 9.59 Å². The summed E-state index contributed by atoms with van der Waals surface area (Å²) in [5.74, 6) is -0.842. The fourth-order valence-electron chi connectivity index (χ4n) is 1.85. The molecule has 2 aromatic rings. The summed E-state index contributed by atoms with van der Waals surface area (Å²) in [6, 6.07) is 15.4. The molecule has 0 heterocycles. The van der Waals surface area contributed by atoms with Crippen molar-refractivity contribution >= 4 is 17.5 Å². The van der Waals surface area contributed by atoms with Crippen LogP contribution in [0.3, 0.4) is 0 Å². The van der Waals surface area contributed by atoms with E-state index in [1.54, 1.807) is 48.5 Å². The molecule has 0 saturated carbocycles. The van der Waals surface area contributed by atoms with Gasteiger partial charge in [-0.3, -0.25) is 9.59 Å². The molecule has 0 radical (unpaired) electrons. The Hall–Kier alpha value is -3.08. The lowest BCUT2D eigenvalue weighted by Gasteiger charge is -2.11. The molecule has 0 fully saturated rings. The first-order valence-corrected chi connectivity index (χ1v) is 6.68. The number of aliphatic hydroxyl groups is 1. The lowest BCUT2D eigenvalue weighted by atomic mass is 10.1. The van der Waals surface area contributed by atoms with Crippen LogP contribution in [0, 0.1) is 0 Å². The van der Waals surface area contributed by atoms with E-state index >= 15 is 0 Å². The highest BCUT2D eigenvalue weighted by Gasteiger charge is 2.13. The number of aliphatic hydroxyl groups excluding tert-OH is 1. The predicted molar refractivity (Wildman–Crippen MR) is 84.9 cm³/mol. The van der Waals surface area contributed by atoms with E-state index in [0.717, 1.165) is 0 Å². The molecule has 0 bridgehead atoms. The number of carbonyl (C=O) groups excluding carboxylic acids is 2. The quantitative estimate of drug-likeness (QED) is 0.742. The Balaban J connectivity index is 2.16. The first-order chi connectivity index (χ1) is 10.6. The number of anilines is 1. The van der Waals surface area contributed by atoms with Gasteiger partial charge in [0.2, 0.25) is 0 Å².